The van der Waals surface area contributed by atoms with Crippen molar-refractivity contribution in [3.8, 4) is 0 Å². The summed E-state index contributed by atoms with van der Waals surface area (Å²) in [5.74, 6) is -0.782. The van der Waals surface area contributed by atoms with Crippen LogP contribution < -0.4 is 0 Å². The maximum atomic E-state index is 11.0. The Morgan fingerprint density at radius 1 is 1.60 bits per heavy atom. The quantitative estimate of drug-likeness (QED) is 0.805. The largest absolute Gasteiger partial charge is 0.480 e. The van der Waals surface area contributed by atoms with Crippen molar-refractivity contribution in [2.45, 2.75) is 32.7 Å². The third-order valence-electron chi connectivity index (χ3n) is 2.95. The SMILES string of the molecule is Cc1cc2c(n1C(C)C(=O)O)C=CCC2. The van der Waals surface area contributed by atoms with Gasteiger partial charge in [0.2, 0.25) is 0 Å². The molecule has 1 N–H and O–H groups in total. The molecule has 1 aliphatic rings. The van der Waals surface area contributed by atoms with Crippen LogP contribution in [-0.4, -0.2) is 15.6 Å². The van der Waals surface area contributed by atoms with E-state index in [-0.39, 0.29) is 0 Å². The van der Waals surface area contributed by atoms with Crippen molar-refractivity contribution in [3.05, 3.63) is 29.1 Å². The fraction of sp³-hybridized carbons (Fsp3) is 0.417. The van der Waals surface area contributed by atoms with Crippen LogP contribution in [0.15, 0.2) is 12.1 Å². The lowest BCUT2D eigenvalue weighted by Crippen LogP contribution is -2.18. The topological polar surface area (TPSA) is 42.2 Å². The van der Waals surface area contributed by atoms with Gasteiger partial charge in [-0.1, -0.05) is 6.08 Å². The number of rotatable bonds is 2. The predicted molar refractivity (Wildman–Crippen MR) is 58.9 cm³/mol. The van der Waals surface area contributed by atoms with Crippen LogP contribution in [0.3, 0.4) is 0 Å². The summed E-state index contributed by atoms with van der Waals surface area (Å²) in [5.41, 5.74) is 3.36. The molecule has 0 saturated carbocycles. The molecule has 3 heteroatoms. The summed E-state index contributed by atoms with van der Waals surface area (Å²) in [6.07, 6.45) is 6.21. The van der Waals surface area contributed by atoms with Crippen LogP contribution in [0.5, 0.6) is 0 Å². The minimum Gasteiger partial charge on any atom is -0.480 e. The van der Waals surface area contributed by atoms with E-state index >= 15 is 0 Å². The highest BCUT2D eigenvalue weighted by molar-refractivity contribution is 5.72. The minimum atomic E-state index is -0.782. The molecular weight excluding hydrogens is 190 g/mol. The van der Waals surface area contributed by atoms with Crippen molar-refractivity contribution in [2.24, 2.45) is 0 Å². The number of fused-ring (bicyclic) bond motifs is 1. The van der Waals surface area contributed by atoms with Crippen LogP contribution in [0.4, 0.5) is 0 Å². The zero-order valence-electron chi connectivity index (χ0n) is 9.03. The van der Waals surface area contributed by atoms with Crippen molar-refractivity contribution in [1.29, 1.82) is 0 Å². The second kappa shape index (κ2) is 3.57. The van der Waals surface area contributed by atoms with Crippen LogP contribution in [0.2, 0.25) is 0 Å². The summed E-state index contributed by atoms with van der Waals surface area (Å²) in [6, 6.07) is 1.61. The van der Waals surface area contributed by atoms with Crippen LogP contribution in [0.1, 0.15) is 36.3 Å². The Morgan fingerprint density at radius 3 is 3.00 bits per heavy atom. The maximum Gasteiger partial charge on any atom is 0.326 e. The average molecular weight is 205 g/mol. The summed E-state index contributed by atoms with van der Waals surface area (Å²) in [6.45, 7) is 3.68. The Bertz CT molecular complexity index is 429. The zero-order valence-corrected chi connectivity index (χ0v) is 9.03. The molecule has 0 aliphatic heterocycles. The van der Waals surface area contributed by atoms with Gasteiger partial charge < -0.3 is 9.67 Å². The number of carboxylic acid groups (broad SMARTS) is 1. The lowest BCUT2D eigenvalue weighted by Gasteiger charge is -2.16. The zero-order chi connectivity index (χ0) is 11.0. The van der Waals surface area contributed by atoms with E-state index in [1.165, 1.54) is 5.56 Å². The van der Waals surface area contributed by atoms with Gasteiger partial charge in [0.15, 0.2) is 0 Å². The number of carboxylic acids is 1. The molecule has 0 spiro atoms. The molecule has 1 aromatic heterocycles. The van der Waals surface area contributed by atoms with E-state index in [9.17, 15) is 4.79 Å². The number of hydrogen-bond acceptors (Lipinski definition) is 1. The third kappa shape index (κ3) is 1.58. The van der Waals surface area contributed by atoms with Gasteiger partial charge >= 0.3 is 5.97 Å². The summed E-state index contributed by atoms with van der Waals surface area (Å²) >= 11 is 0. The van der Waals surface area contributed by atoms with Gasteiger partial charge in [0.25, 0.3) is 0 Å². The monoisotopic (exact) mass is 205 g/mol. The molecule has 0 saturated heterocycles. The Labute approximate surface area is 89.0 Å². The second-order valence-corrected chi connectivity index (χ2v) is 4.02. The molecule has 0 aromatic carbocycles. The molecule has 1 unspecified atom stereocenters. The van der Waals surface area contributed by atoms with Crippen molar-refractivity contribution < 1.29 is 9.90 Å². The number of allylic oxidation sites excluding steroid dienone is 1. The molecule has 1 heterocycles. The number of nitrogens with zero attached hydrogens (tertiary/aromatic N) is 1. The first-order chi connectivity index (χ1) is 7.11. The summed E-state index contributed by atoms with van der Waals surface area (Å²) in [4.78, 5) is 11.0. The highest BCUT2D eigenvalue weighted by Gasteiger charge is 2.20. The van der Waals surface area contributed by atoms with Crippen molar-refractivity contribution >= 4 is 12.0 Å². The van der Waals surface area contributed by atoms with Crippen LogP contribution in [0.25, 0.3) is 6.08 Å². The van der Waals surface area contributed by atoms with Gasteiger partial charge in [0, 0.05) is 11.4 Å². The number of aromatic nitrogens is 1. The minimum absolute atomic E-state index is 0.489. The first kappa shape index (κ1) is 10.0. The molecule has 15 heavy (non-hydrogen) atoms. The fourth-order valence-corrected chi connectivity index (χ4v) is 2.19. The van der Waals surface area contributed by atoms with Crippen LogP contribution in [0, 0.1) is 6.92 Å². The highest BCUT2D eigenvalue weighted by atomic mass is 16.4. The number of aryl methyl sites for hydroxylation is 2. The molecule has 0 bridgehead atoms. The van der Waals surface area contributed by atoms with Crippen molar-refractivity contribution in [2.75, 3.05) is 0 Å². The summed E-state index contributed by atoms with van der Waals surface area (Å²) in [7, 11) is 0. The van der Waals surface area contributed by atoms with E-state index < -0.39 is 12.0 Å². The van der Waals surface area contributed by atoms with Gasteiger partial charge in [-0.05, 0) is 44.4 Å². The normalized spacial score (nSPS) is 16.1. The van der Waals surface area contributed by atoms with Crippen LogP contribution >= 0.6 is 0 Å². The summed E-state index contributed by atoms with van der Waals surface area (Å²) in [5, 5.41) is 9.03. The Hall–Kier alpha value is -1.51. The Balaban J connectivity index is 2.52. The van der Waals surface area contributed by atoms with Crippen LogP contribution in [-0.2, 0) is 11.2 Å². The molecule has 2 rings (SSSR count). The van der Waals surface area contributed by atoms with E-state index in [0.717, 1.165) is 24.2 Å². The molecule has 80 valence electrons. The molecule has 1 aliphatic carbocycles. The first-order valence-electron chi connectivity index (χ1n) is 5.21. The Kier molecular flexibility index (Phi) is 2.39. The van der Waals surface area contributed by atoms with Crippen molar-refractivity contribution in [1.82, 2.24) is 4.57 Å². The van der Waals surface area contributed by atoms with Gasteiger partial charge in [-0.2, -0.15) is 0 Å². The molecule has 0 amide bonds. The van der Waals surface area contributed by atoms with Crippen molar-refractivity contribution in [3.63, 3.8) is 0 Å². The van der Waals surface area contributed by atoms with E-state index in [1.807, 2.05) is 17.6 Å². The number of carbonyl (C=O) groups is 1. The molecular formula is C12H15NO2. The lowest BCUT2D eigenvalue weighted by molar-refractivity contribution is -0.140. The van der Waals surface area contributed by atoms with Gasteiger partial charge in [0.1, 0.15) is 6.04 Å². The van der Waals surface area contributed by atoms with E-state index in [1.54, 1.807) is 6.92 Å². The van der Waals surface area contributed by atoms with Gasteiger partial charge in [-0.3, -0.25) is 0 Å². The molecule has 1 atom stereocenters. The van der Waals surface area contributed by atoms with Gasteiger partial charge in [0.05, 0.1) is 0 Å². The predicted octanol–water partition coefficient (Wildman–Crippen LogP) is 2.40. The summed E-state index contributed by atoms with van der Waals surface area (Å²) < 4.78 is 1.90. The van der Waals surface area contributed by atoms with E-state index in [0.29, 0.717) is 0 Å². The number of hydrogen-bond donors (Lipinski definition) is 1. The number of aliphatic carboxylic acids is 1. The third-order valence-corrected chi connectivity index (χ3v) is 2.95. The van der Waals surface area contributed by atoms with E-state index in [2.05, 4.69) is 12.1 Å². The molecule has 0 fully saturated rings. The molecule has 0 radical (unpaired) electrons. The van der Waals surface area contributed by atoms with Gasteiger partial charge in [-0.15, -0.1) is 0 Å². The fourth-order valence-electron chi connectivity index (χ4n) is 2.19. The van der Waals surface area contributed by atoms with Gasteiger partial charge in [-0.25, -0.2) is 4.79 Å². The maximum absolute atomic E-state index is 11.0. The molecule has 3 nitrogen and oxygen atoms in total. The van der Waals surface area contributed by atoms with E-state index in [4.69, 9.17) is 5.11 Å². The standard InChI is InChI=1S/C12H15NO2/c1-8-7-10-5-3-4-6-11(10)13(8)9(2)12(14)15/h4,6-7,9H,3,5H2,1-2H3,(H,14,15). The Morgan fingerprint density at radius 2 is 2.33 bits per heavy atom. The lowest BCUT2D eigenvalue weighted by atomic mass is 10.0. The highest BCUT2D eigenvalue weighted by Crippen LogP contribution is 2.26. The second-order valence-electron chi connectivity index (χ2n) is 4.02. The molecule has 1 aromatic rings. The smallest absolute Gasteiger partial charge is 0.326 e. The average Bonchev–Trinajstić information content (AvgIpc) is 2.52. The first-order valence-corrected chi connectivity index (χ1v) is 5.21.